The molecule has 0 atom stereocenters. The molecule has 1 aromatic carbocycles. The zero-order valence-corrected chi connectivity index (χ0v) is 12.8. The number of Topliss-reactive ketones (excluding diaryl/α,β-unsaturated/α-hetero) is 1. The van der Waals surface area contributed by atoms with Crippen molar-refractivity contribution in [2.75, 3.05) is 12.4 Å². The van der Waals surface area contributed by atoms with Gasteiger partial charge in [-0.15, -0.1) is 11.3 Å². The predicted octanol–water partition coefficient (Wildman–Crippen LogP) is 3.63. The molecule has 0 radical (unpaired) electrons. The molecule has 1 aromatic heterocycles. The molecule has 0 fully saturated rings. The molecular weight excluding hydrogens is 333 g/mol. The first-order valence-electron chi connectivity index (χ1n) is 6.25. The number of halogens is 3. The predicted molar refractivity (Wildman–Crippen MR) is 78.1 cm³/mol. The summed E-state index contributed by atoms with van der Waals surface area (Å²) in [6.07, 6.45) is -4.61. The maximum atomic E-state index is 12.5. The Morgan fingerprint density at radius 2 is 2.00 bits per heavy atom. The SMILES string of the molecule is COc1ccc(C(C)=O)c(NC(=O)c2csc(C(F)(F)F)n2)c1. The highest BCUT2D eigenvalue weighted by molar-refractivity contribution is 7.10. The molecule has 0 aliphatic carbocycles. The summed E-state index contributed by atoms with van der Waals surface area (Å²) in [6, 6.07) is 4.40. The second kappa shape index (κ2) is 6.37. The van der Waals surface area contributed by atoms with Crippen LogP contribution >= 0.6 is 11.3 Å². The van der Waals surface area contributed by atoms with Gasteiger partial charge in [0.1, 0.15) is 11.4 Å². The van der Waals surface area contributed by atoms with E-state index in [1.807, 2.05) is 0 Å². The molecule has 0 aliphatic rings. The van der Waals surface area contributed by atoms with Crippen LogP contribution in [0.25, 0.3) is 0 Å². The normalized spacial score (nSPS) is 11.2. The standard InChI is InChI=1S/C14H11F3N2O3S/c1-7(20)9-4-3-8(22-2)5-10(9)18-12(21)11-6-23-13(19-11)14(15,16)17/h3-6H,1-2H3,(H,18,21). The van der Waals surface area contributed by atoms with Crippen LogP contribution in [0.4, 0.5) is 18.9 Å². The summed E-state index contributed by atoms with van der Waals surface area (Å²) in [7, 11) is 1.41. The molecule has 1 N–H and O–H groups in total. The van der Waals surface area contributed by atoms with Gasteiger partial charge in [0.05, 0.1) is 12.8 Å². The largest absolute Gasteiger partial charge is 0.497 e. The van der Waals surface area contributed by atoms with E-state index < -0.39 is 17.1 Å². The Kier molecular flexibility index (Phi) is 4.69. The van der Waals surface area contributed by atoms with Gasteiger partial charge in [-0.05, 0) is 19.1 Å². The lowest BCUT2D eigenvalue weighted by Gasteiger charge is -2.10. The average molecular weight is 344 g/mol. The van der Waals surface area contributed by atoms with E-state index in [1.165, 1.54) is 32.2 Å². The first-order valence-corrected chi connectivity index (χ1v) is 7.13. The number of carbonyl (C=O) groups is 2. The van der Waals surface area contributed by atoms with Crippen LogP contribution in [0.1, 0.15) is 32.8 Å². The van der Waals surface area contributed by atoms with E-state index >= 15 is 0 Å². The van der Waals surface area contributed by atoms with Crippen LogP contribution in [0.3, 0.4) is 0 Å². The number of hydrogen-bond donors (Lipinski definition) is 1. The number of nitrogens with one attached hydrogen (secondary N) is 1. The minimum Gasteiger partial charge on any atom is -0.497 e. The van der Waals surface area contributed by atoms with Gasteiger partial charge >= 0.3 is 6.18 Å². The van der Waals surface area contributed by atoms with Crippen LogP contribution < -0.4 is 10.1 Å². The Labute approximate surface area is 133 Å². The van der Waals surface area contributed by atoms with Gasteiger partial charge in [-0.25, -0.2) is 4.98 Å². The Balaban J connectivity index is 2.29. The van der Waals surface area contributed by atoms with Crippen molar-refractivity contribution in [3.63, 3.8) is 0 Å². The van der Waals surface area contributed by atoms with Crippen LogP contribution in [0, 0.1) is 0 Å². The van der Waals surface area contributed by atoms with Crippen molar-refractivity contribution in [1.82, 2.24) is 4.98 Å². The Morgan fingerprint density at radius 3 is 2.52 bits per heavy atom. The van der Waals surface area contributed by atoms with Crippen LogP contribution in [0.15, 0.2) is 23.6 Å². The molecular formula is C14H11F3N2O3S. The van der Waals surface area contributed by atoms with Gasteiger partial charge in [-0.1, -0.05) is 0 Å². The van der Waals surface area contributed by atoms with Gasteiger partial charge in [-0.3, -0.25) is 9.59 Å². The molecule has 0 spiro atoms. The lowest BCUT2D eigenvalue weighted by Crippen LogP contribution is -2.15. The molecule has 0 saturated carbocycles. The molecule has 5 nitrogen and oxygen atoms in total. The third kappa shape index (κ3) is 3.86. The summed E-state index contributed by atoms with van der Waals surface area (Å²) in [5.41, 5.74) is -0.0199. The molecule has 1 amide bonds. The second-order valence-corrected chi connectivity index (χ2v) is 5.32. The smallest absolute Gasteiger partial charge is 0.443 e. The van der Waals surface area contributed by atoms with E-state index in [2.05, 4.69) is 10.3 Å². The highest BCUT2D eigenvalue weighted by Gasteiger charge is 2.35. The molecule has 0 saturated heterocycles. The van der Waals surface area contributed by atoms with Gasteiger partial charge in [0.2, 0.25) is 0 Å². The molecule has 122 valence electrons. The maximum Gasteiger partial charge on any atom is 0.443 e. The molecule has 1 heterocycles. The molecule has 23 heavy (non-hydrogen) atoms. The number of nitrogens with zero attached hydrogens (tertiary/aromatic N) is 1. The van der Waals surface area contributed by atoms with Crippen molar-refractivity contribution in [3.05, 3.63) is 39.8 Å². The van der Waals surface area contributed by atoms with Crippen LogP contribution in [0.5, 0.6) is 5.75 Å². The van der Waals surface area contributed by atoms with Crippen molar-refractivity contribution in [2.45, 2.75) is 13.1 Å². The fraction of sp³-hybridized carbons (Fsp3) is 0.214. The summed E-state index contributed by atoms with van der Waals surface area (Å²) >= 11 is 0.325. The summed E-state index contributed by atoms with van der Waals surface area (Å²) < 4.78 is 42.5. The number of benzene rings is 1. The number of carbonyl (C=O) groups excluding carboxylic acids is 2. The van der Waals surface area contributed by atoms with Crippen LogP contribution in [0.2, 0.25) is 0 Å². The molecule has 2 rings (SSSR count). The van der Waals surface area contributed by atoms with E-state index in [0.29, 0.717) is 17.1 Å². The zero-order chi connectivity index (χ0) is 17.2. The number of ether oxygens (including phenoxy) is 1. The Morgan fingerprint density at radius 1 is 1.30 bits per heavy atom. The van der Waals surface area contributed by atoms with Crippen LogP contribution in [-0.2, 0) is 6.18 Å². The van der Waals surface area contributed by atoms with Crippen molar-refractivity contribution in [2.24, 2.45) is 0 Å². The fourth-order valence-corrected chi connectivity index (χ4v) is 2.42. The van der Waals surface area contributed by atoms with Crippen LogP contribution in [-0.4, -0.2) is 23.8 Å². The Bertz CT molecular complexity index is 756. The Hall–Kier alpha value is -2.42. The monoisotopic (exact) mass is 344 g/mol. The van der Waals surface area contributed by atoms with Gasteiger partial charge in [0.25, 0.3) is 5.91 Å². The van der Waals surface area contributed by atoms with E-state index in [9.17, 15) is 22.8 Å². The van der Waals surface area contributed by atoms with Gasteiger partial charge < -0.3 is 10.1 Å². The lowest BCUT2D eigenvalue weighted by atomic mass is 10.1. The number of alkyl halides is 3. The highest BCUT2D eigenvalue weighted by atomic mass is 32.1. The van der Waals surface area contributed by atoms with Crippen molar-refractivity contribution in [1.29, 1.82) is 0 Å². The van der Waals surface area contributed by atoms with Crippen molar-refractivity contribution < 1.29 is 27.5 Å². The first-order chi connectivity index (χ1) is 10.7. The zero-order valence-electron chi connectivity index (χ0n) is 12.0. The minimum absolute atomic E-state index is 0.142. The second-order valence-electron chi connectivity index (χ2n) is 4.46. The number of thiazole rings is 1. The number of hydrogen-bond acceptors (Lipinski definition) is 5. The van der Waals surface area contributed by atoms with Gasteiger partial charge in [-0.2, -0.15) is 13.2 Å². The average Bonchev–Trinajstić information content (AvgIpc) is 2.96. The number of ketones is 1. The maximum absolute atomic E-state index is 12.5. The number of aromatic nitrogens is 1. The number of methoxy groups -OCH3 is 1. The highest BCUT2D eigenvalue weighted by Crippen LogP contribution is 2.32. The van der Waals surface area contributed by atoms with E-state index in [1.54, 1.807) is 0 Å². The number of rotatable bonds is 4. The van der Waals surface area contributed by atoms with Crippen molar-refractivity contribution in [3.8, 4) is 5.75 Å². The third-order valence-electron chi connectivity index (χ3n) is 2.83. The summed E-state index contributed by atoms with van der Waals surface area (Å²) in [5.74, 6) is -0.760. The molecule has 0 bridgehead atoms. The quantitative estimate of drug-likeness (QED) is 0.860. The molecule has 0 aliphatic heterocycles. The minimum atomic E-state index is -4.61. The molecule has 9 heteroatoms. The van der Waals surface area contributed by atoms with E-state index in [4.69, 9.17) is 4.74 Å². The van der Waals surface area contributed by atoms with Gasteiger partial charge in [0, 0.05) is 17.0 Å². The molecule has 0 unspecified atom stereocenters. The summed E-state index contributed by atoms with van der Waals surface area (Å²) in [5, 5.41) is 2.28. The van der Waals surface area contributed by atoms with E-state index in [-0.39, 0.29) is 22.7 Å². The van der Waals surface area contributed by atoms with Gasteiger partial charge in [0.15, 0.2) is 10.8 Å². The third-order valence-corrected chi connectivity index (χ3v) is 3.72. The summed E-state index contributed by atoms with van der Waals surface area (Å²) in [4.78, 5) is 26.9. The number of amides is 1. The van der Waals surface area contributed by atoms with Crippen molar-refractivity contribution >= 4 is 28.7 Å². The topological polar surface area (TPSA) is 68.3 Å². The summed E-state index contributed by atoms with van der Waals surface area (Å²) in [6.45, 7) is 1.31. The molecule has 2 aromatic rings. The number of anilines is 1. The fourth-order valence-electron chi connectivity index (χ4n) is 1.76. The lowest BCUT2D eigenvalue weighted by molar-refractivity contribution is -0.137. The van der Waals surface area contributed by atoms with E-state index in [0.717, 1.165) is 5.38 Å². The first kappa shape index (κ1) is 16.9.